The van der Waals surface area contributed by atoms with Crippen molar-refractivity contribution in [3.63, 3.8) is 0 Å². The van der Waals surface area contributed by atoms with Crippen LogP contribution in [0.2, 0.25) is 0 Å². The summed E-state index contributed by atoms with van der Waals surface area (Å²) in [5.41, 5.74) is 0.277. The number of aryl methyl sites for hydroxylation is 1. The summed E-state index contributed by atoms with van der Waals surface area (Å²) >= 11 is 0. The minimum atomic E-state index is -4.48. The van der Waals surface area contributed by atoms with Crippen molar-refractivity contribution >= 4 is 27.3 Å². The van der Waals surface area contributed by atoms with Crippen molar-refractivity contribution in [3.05, 3.63) is 53.6 Å². The number of anilines is 2. The maximum absolute atomic E-state index is 12.8. The molecule has 1 amide bonds. The average molecular weight is 457 g/mol. The SMILES string of the molecule is Cc1ccc(S(=O)(=O)N2CCOCC2)cc1NC(=O)CNc1cccc(C(F)(F)F)c1. The van der Waals surface area contributed by atoms with E-state index in [1.165, 1.54) is 28.6 Å². The topological polar surface area (TPSA) is 87.7 Å². The summed E-state index contributed by atoms with van der Waals surface area (Å²) in [6.07, 6.45) is -4.48. The third-order valence-electron chi connectivity index (χ3n) is 4.73. The van der Waals surface area contributed by atoms with Crippen LogP contribution in [0.15, 0.2) is 47.4 Å². The van der Waals surface area contributed by atoms with E-state index in [9.17, 15) is 26.4 Å². The van der Waals surface area contributed by atoms with Gasteiger partial charge in [0.05, 0.1) is 30.2 Å². The monoisotopic (exact) mass is 457 g/mol. The number of morpholine rings is 1. The van der Waals surface area contributed by atoms with Crippen molar-refractivity contribution in [2.24, 2.45) is 0 Å². The van der Waals surface area contributed by atoms with E-state index in [2.05, 4.69) is 10.6 Å². The summed E-state index contributed by atoms with van der Waals surface area (Å²) in [7, 11) is -3.73. The molecule has 3 rings (SSSR count). The van der Waals surface area contributed by atoms with Gasteiger partial charge in [-0.15, -0.1) is 0 Å². The molecule has 0 spiro atoms. The molecular weight excluding hydrogens is 435 g/mol. The molecule has 0 bridgehead atoms. The van der Waals surface area contributed by atoms with E-state index in [1.807, 2.05) is 0 Å². The van der Waals surface area contributed by atoms with Gasteiger partial charge in [-0.05, 0) is 42.8 Å². The zero-order chi connectivity index (χ0) is 22.6. The molecule has 0 radical (unpaired) electrons. The molecule has 31 heavy (non-hydrogen) atoms. The summed E-state index contributed by atoms with van der Waals surface area (Å²) in [4.78, 5) is 12.4. The van der Waals surface area contributed by atoms with Gasteiger partial charge in [0, 0.05) is 24.5 Å². The van der Waals surface area contributed by atoms with Gasteiger partial charge in [-0.1, -0.05) is 12.1 Å². The van der Waals surface area contributed by atoms with Crippen molar-refractivity contribution < 1.29 is 31.1 Å². The minimum Gasteiger partial charge on any atom is -0.379 e. The standard InChI is InChI=1S/C20H22F3N3O4S/c1-14-5-6-17(31(28,29)26-7-9-30-10-8-26)12-18(14)25-19(27)13-24-16-4-2-3-15(11-16)20(21,22)23/h2-6,11-12,24H,7-10,13H2,1H3,(H,25,27). The number of halogens is 3. The van der Waals surface area contributed by atoms with E-state index in [1.54, 1.807) is 13.0 Å². The van der Waals surface area contributed by atoms with E-state index in [4.69, 9.17) is 4.74 Å². The second-order valence-corrected chi connectivity index (χ2v) is 8.91. The predicted octanol–water partition coefficient (Wildman–Crippen LogP) is 3.09. The van der Waals surface area contributed by atoms with E-state index in [0.717, 1.165) is 12.1 Å². The molecule has 0 aromatic heterocycles. The Morgan fingerprint density at radius 3 is 2.52 bits per heavy atom. The van der Waals surface area contributed by atoms with Gasteiger partial charge in [-0.3, -0.25) is 4.79 Å². The van der Waals surface area contributed by atoms with Gasteiger partial charge in [0.2, 0.25) is 15.9 Å². The molecule has 0 unspecified atom stereocenters. The van der Waals surface area contributed by atoms with Crippen LogP contribution in [0.3, 0.4) is 0 Å². The fraction of sp³-hybridized carbons (Fsp3) is 0.350. The highest BCUT2D eigenvalue weighted by atomic mass is 32.2. The molecule has 0 aliphatic carbocycles. The molecule has 1 heterocycles. The van der Waals surface area contributed by atoms with Crippen molar-refractivity contribution in [2.75, 3.05) is 43.5 Å². The normalized spacial score (nSPS) is 15.5. The van der Waals surface area contributed by atoms with Gasteiger partial charge in [-0.25, -0.2) is 8.42 Å². The maximum Gasteiger partial charge on any atom is 0.416 e. The first-order valence-electron chi connectivity index (χ1n) is 9.47. The largest absolute Gasteiger partial charge is 0.416 e. The Hall–Kier alpha value is -2.63. The van der Waals surface area contributed by atoms with Crippen LogP contribution in [0.5, 0.6) is 0 Å². The summed E-state index contributed by atoms with van der Waals surface area (Å²) in [5.74, 6) is -0.526. The molecule has 2 aromatic rings. The number of alkyl halides is 3. The number of benzene rings is 2. The third-order valence-corrected chi connectivity index (χ3v) is 6.63. The molecule has 1 saturated heterocycles. The zero-order valence-electron chi connectivity index (χ0n) is 16.7. The number of nitrogens with one attached hydrogen (secondary N) is 2. The molecule has 0 saturated carbocycles. The molecule has 168 valence electrons. The summed E-state index contributed by atoms with van der Waals surface area (Å²) in [6, 6.07) is 8.95. The molecule has 11 heteroatoms. The predicted molar refractivity (Wildman–Crippen MR) is 109 cm³/mol. The first kappa shape index (κ1) is 23.0. The van der Waals surface area contributed by atoms with Gasteiger partial charge < -0.3 is 15.4 Å². The number of sulfonamides is 1. The molecule has 2 aromatic carbocycles. The van der Waals surface area contributed by atoms with Crippen molar-refractivity contribution in [2.45, 2.75) is 18.0 Å². The Morgan fingerprint density at radius 2 is 1.84 bits per heavy atom. The Bertz CT molecular complexity index is 1050. The average Bonchev–Trinajstić information content (AvgIpc) is 2.74. The van der Waals surface area contributed by atoms with E-state index >= 15 is 0 Å². The number of nitrogens with zero attached hydrogens (tertiary/aromatic N) is 1. The number of amides is 1. The smallest absolute Gasteiger partial charge is 0.379 e. The number of hydrogen-bond acceptors (Lipinski definition) is 5. The van der Waals surface area contributed by atoms with Crippen LogP contribution >= 0.6 is 0 Å². The van der Waals surface area contributed by atoms with Crippen LogP contribution in [-0.4, -0.2) is 51.5 Å². The second kappa shape index (κ2) is 9.25. The van der Waals surface area contributed by atoms with E-state index < -0.39 is 27.7 Å². The van der Waals surface area contributed by atoms with Crippen molar-refractivity contribution in [1.82, 2.24) is 4.31 Å². The van der Waals surface area contributed by atoms with Crippen LogP contribution in [0.25, 0.3) is 0 Å². The lowest BCUT2D eigenvalue weighted by Crippen LogP contribution is -2.40. The number of carbonyl (C=O) groups excluding carboxylic acids is 1. The van der Waals surface area contributed by atoms with Crippen LogP contribution in [0.1, 0.15) is 11.1 Å². The lowest BCUT2D eigenvalue weighted by molar-refractivity contribution is -0.137. The molecule has 1 fully saturated rings. The zero-order valence-corrected chi connectivity index (χ0v) is 17.5. The lowest BCUT2D eigenvalue weighted by atomic mass is 10.2. The maximum atomic E-state index is 12.8. The highest BCUT2D eigenvalue weighted by Gasteiger charge is 2.30. The molecule has 1 aliphatic heterocycles. The van der Waals surface area contributed by atoms with Gasteiger partial charge in [0.25, 0.3) is 0 Å². The first-order chi connectivity index (χ1) is 14.6. The molecule has 0 atom stereocenters. The second-order valence-electron chi connectivity index (χ2n) is 6.97. The quantitative estimate of drug-likeness (QED) is 0.696. The Labute approximate surface area is 178 Å². The highest BCUT2D eigenvalue weighted by Crippen LogP contribution is 2.30. The number of ether oxygens (including phenoxy) is 1. The van der Waals surface area contributed by atoms with E-state index in [-0.39, 0.29) is 30.2 Å². The molecule has 1 aliphatic rings. The van der Waals surface area contributed by atoms with Gasteiger partial charge in [0.15, 0.2) is 0 Å². The van der Waals surface area contributed by atoms with Crippen molar-refractivity contribution in [1.29, 1.82) is 0 Å². The Morgan fingerprint density at radius 1 is 1.13 bits per heavy atom. The summed E-state index contributed by atoms with van der Waals surface area (Å²) in [6.45, 7) is 2.55. The first-order valence-corrected chi connectivity index (χ1v) is 10.9. The van der Waals surface area contributed by atoms with Gasteiger partial charge in [-0.2, -0.15) is 17.5 Å². The van der Waals surface area contributed by atoms with E-state index in [0.29, 0.717) is 24.5 Å². The van der Waals surface area contributed by atoms with Gasteiger partial charge >= 0.3 is 6.18 Å². The molecular formula is C20H22F3N3O4S. The fourth-order valence-electron chi connectivity index (χ4n) is 3.01. The summed E-state index contributed by atoms with van der Waals surface area (Å²) in [5, 5.41) is 5.25. The lowest BCUT2D eigenvalue weighted by Gasteiger charge is -2.26. The number of carbonyl (C=O) groups is 1. The number of hydrogen-bond donors (Lipinski definition) is 2. The molecule has 2 N–H and O–H groups in total. The molecule has 7 nitrogen and oxygen atoms in total. The number of rotatable bonds is 6. The summed E-state index contributed by atoms with van der Waals surface area (Å²) < 4.78 is 70.5. The highest BCUT2D eigenvalue weighted by molar-refractivity contribution is 7.89. The van der Waals surface area contributed by atoms with Crippen LogP contribution in [0, 0.1) is 6.92 Å². The fourth-order valence-corrected chi connectivity index (χ4v) is 4.45. The Balaban J connectivity index is 1.68. The van der Waals surface area contributed by atoms with Crippen LogP contribution in [0.4, 0.5) is 24.5 Å². The van der Waals surface area contributed by atoms with Crippen molar-refractivity contribution in [3.8, 4) is 0 Å². The third kappa shape index (κ3) is 5.75. The Kier molecular flexibility index (Phi) is 6.87. The van der Waals surface area contributed by atoms with Crippen LogP contribution < -0.4 is 10.6 Å². The van der Waals surface area contributed by atoms with Crippen LogP contribution in [-0.2, 0) is 25.7 Å². The minimum absolute atomic E-state index is 0.0427. The van der Waals surface area contributed by atoms with Gasteiger partial charge in [0.1, 0.15) is 0 Å².